The molecule has 2 heterocycles. The van der Waals surface area contributed by atoms with Crippen molar-refractivity contribution in [3.05, 3.63) is 79.0 Å². The van der Waals surface area contributed by atoms with E-state index in [2.05, 4.69) is 93.7 Å². The van der Waals surface area contributed by atoms with Crippen LogP contribution in [0.3, 0.4) is 0 Å². The van der Waals surface area contributed by atoms with E-state index in [0.29, 0.717) is 0 Å². The molecule has 3 aromatic carbocycles. The van der Waals surface area contributed by atoms with E-state index in [-0.39, 0.29) is 0 Å². The molecule has 1 aromatic heterocycles. The van der Waals surface area contributed by atoms with Crippen molar-refractivity contribution >= 4 is 28.0 Å². The van der Waals surface area contributed by atoms with Crippen molar-refractivity contribution in [1.82, 2.24) is 14.8 Å². The summed E-state index contributed by atoms with van der Waals surface area (Å²) < 4.78 is 5.30. The summed E-state index contributed by atoms with van der Waals surface area (Å²) in [5, 5.41) is 4.72. The van der Waals surface area contributed by atoms with Crippen molar-refractivity contribution in [2.45, 2.75) is 0 Å². The standard InChI is InChI=1S/C30H35N5O/c1-33(2)16-17-34-18-20-35(21-19-34)26-9-7-25(8-10-26)32-30-14-15-31-29-13-6-24(22-28(29)30)23-4-11-27(36-3)12-5-23/h4-15,22H,16-21H2,1-3H3,(H,31,32). The molecule has 0 unspecified atom stereocenters. The molecule has 4 aromatic rings. The van der Waals surface area contributed by atoms with Gasteiger partial charge in [0.2, 0.25) is 0 Å². The number of benzene rings is 3. The Morgan fingerprint density at radius 2 is 1.58 bits per heavy atom. The van der Waals surface area contributed by atoms with E-state index in [0.717, 1.165) is 78.4 Å². The number of anilines is 3. The van der Waals surface area contributed by atoms with Gasteiger partial charge in [0.05, 0.1) is 12.6 Å². The van der Waals surface area contributed by atoms with E-state index in [1.165, 1.54) is 5.69 Å². The first-order chi connectivity index (χ1) is 17.6. The highest BCUT2D eigenvalue weighted by Gasteiger charge is 2.17. The lowest BCUT2D eigenvalue weighted by molar-refractivity contribution is 0.229. The maximum Gasteiger partial charge on any atom is 0.118 e. The third kappa shape index (κ3) is 5.61. The molecule has 6 nitrogen and oxygen atoms in total. The highest BCUT2D eigenvalue weighted by molar-refractivity contribution is 5.95. The fourth-order valence-electron chi connectivity index (χ4n) is 4.70. The number of aromatic nitrogens is 1. The Morgan fingerprint density at radius 3 is 2.28 bits per heavy atom. The Hall–Kier alpha value is -3.61. The maximum atomic E-state index is 5.30. The summed E-state index contributed by atoms with van der Waals surface area (Å²) in [4.78, 5) is 11.9. The van der Waals surface area contributed by atoms with Gasteiger partial charge in [0.15, 0.2) is 0 Å². The monoisotopic (exact) mass is 481 g/mol. The summed E-state index contributed by atoms with van der Waals surface area (Å²) in [5.41, 5.74) is 6.69. The summed E-state index contributed by atoms with van der Waals surface area (Å²) in [6.07, 6.45) is 1.86. The number of hydrogen-bond donors (Lipinski definition) is 1. The van der Waals surface area contributed by atoms with Gasteiger partial charge in [0, 0.05) is 67.9 Å². The zero-order chi connectivity index (χ0) is 24.9. The Labute approximate surface area is 214 Å². The number of ether oxygens (including phenoxy) is 1. The molecule has 1 aliphatic rings. The number of hydrogen-bond acceptors (Lipinski definition) is 6. The van der Waals surface area contributed by atoms with Crippen LogP contribution in [0.4, 0.5) is 17.1 Å². The van der Waals surface area contributed by atoms with Gasteiger partial charge in [-0.3, -0.25) is 9.88 Å². The van der Waals surface area contributed by atoms with Gasteiger partial charge in [-0.25, -0.2) is 0 Å². The number of methoxy groups -OCH3 is 1. The van der Waals surface area contributed by atoms with Crippen molar-refractivity contribution in [3.63, 3.8) is 0 Å². The van der Waals surface area contributed by atoms with Crippen LogP contribution in [0.2, 0.25) is 0 Å². The van der Waals surface area contributed by atoms with Crippen LogP contribution in [-0.4, -0.2) is 75.3 Å². The first-order valence-electron chi connectivity index (χ1n) is 12.6. The zero-order valence-corrected chi connectivity index (χ0v) is 21.4. The van der Waals surface area contributed by atoms with Gasteiger partial charge < -0.3 is 19.9 Å². The predicted molar refractivity (Wildman–Crippen MR) is 151 cm³/mol. The molecule has 1 fully saturated rings. The van der Waals surface area contributed by atoms with Crippen LogP contribution >= 0.6 is 0 Å². The smallest absolute Gasteiger partial charge is 0.118 e. The molecular formula is C30H35N5O. The van der Waals surface area contributed by atoms with E-state index in [4.69, 9.17) is 4.74 Å². The van der Waals surface area contributed by atoms with Crippen LogP contribution in [0, 0.1) is 0 Å². The molecule has 0 spiro atoms. The van der Waals surface area contributed by atoms with Crippen LogP contribution < -0.4 is 15.0 Å². The van der Waals surface area contributed by atoms with Crippen LogP contribution in [-0.2, 0) is 0 Å². The van der Waals surface area contributed by atoms with Crippen LogP contribution in [0.5, 0.6) is 5.75 Å². The van der Waals surface area contributed by atoms with E-state index >= 15 is 0 Å². The molecule has 0 aliphatic carbocycles. The van der Waals surface area contributed by atoms with Gasteiger partial charge in [-0.05, 0) is 79.8 Å². The second-order valence-electron chi connectivity index (χ2n) is 9.62. The molecule has 36 heavy (non-hydrogen) atoms. The number of nitrogens with zero attached hydrogens (tertiary/aromatic N) is 4. The Balaban J connectivity index is 1.28. The average molecular weight is 482 g/mol. The van der Waals surface area contributed by atoms with Gasteiger partial charge in [-0.1, -0.05) is 18.2 Å². The number of piperazine rings is 1. The van der Waals surface area contributed by atoms with Gasteiger partial charge in [0.25, 0.3) is 0 Å². The summed E-state index contributed by atoms with van der Waals surface area (Å²) in [7, 11) is 5.97. The summed E-state index contributed by atoms with van der Waals surface area (Å²) >= 11 is 0. The Morgan fingerprint density at radius 1 is 0.861 bits per heavy atom. The summed E-state index contributed by atoms with van der Waals surface area (Å²) in [6, 6.07) is 25.4. The second-order valence-corrected chi connectivity index (χ2v) is 9.62. The average Bonchev–Trinajstić information content (AvgIpc) is 2.93. The largest absolute Gasteiger partial charge is 0.497 e. The van der Waals surface area contributed by atoms with Gasteiger partial charge in [0.1, 0.15) is 5.75 Å². The second kappa shape index (κ2) is 11.0. The lowest BCUT2D eigenvalue weighted by Gasteiger charge is -2.36. The third-order valence-corrected chi connectivity index (χ3v) is 6.91. The predicted octanol–water partition coefficient (Wildman–Crippen LogP) is 5.34. The van der Waals surface area contributed by atoms with E-state index in [9.17, 15) is 0 Å². The Bertz CT molecular complexity index is 1280. The van der Waals surface area contributed by atoms with Crippen molar-refractivity contribution in [3.8, 4) is 16.9 Å². The van der Waals surface area contributed by atoms with Crippen LogP contribution in [0.1, 0.15) is 0 Å². The Kier molecular flexibility index (Phi) is 7.35. The molecule has 5 rings (SSSR count). The number of nitrogens with one attached hydrogen (secondary N) is 1. The molecule has 0 saturated carbocycles. The van der Waals surface area contributed by atoms with Gasteiger partial charge in [-0.2, -0.15) is 0 Å². The highest BCUT2D eigenvalue weighted by atomic mass is 16.5. The van der Waals surface area contributed by atoms with Crippen LogP contribution in [0.25, 0.3) is 22.0 Å². The van der Waals surface area contributed by atoms with Crippen molar-refractivity contribution in [2.24, 2.45) is 0 Å². The SMILES string of the molecule is COc1ccc(-c2ccc3nccc(Nc4ccc(N5CCN(CCN(C)C)CC5)cc4)c3c2)cc1. The molecule has 1 saturated heterocycles. The quantitative estimate of drug-likeness (QED) is 0.367. The van der Waals surface area contributed by atoms with Crippen molar-refractivity contribution in [1.29, 1.82) is 0 Å². The topological polar surface area (TPSA) is 43.9 Å². The first-order valence-corrected chi connectivity index (χ1v) is 12.6. The number of pyridine rings is 1. The normalized spacial score (nSPS) is 14.4. The number of rotatable bonds is 8. The van der Waals surface area contributed by atoms with E-state index in [1.807, 2.05) is 24.4 Å². The molecule has 1 aliphatic heterocycles. The fourth-order valence-corrected chi connectivity index (χ4v) is 4.70. The minimum absolute atomic E-state index is 0.859. The van der Waals surface area contributed by atoms with Crippen LogP contribution in [0.15, 0.2) is 79.0 Å². The first kappa shape index (κ1) is 24.1. The zero-order valence-electron chi connectivity index (χ0n) is 21.4. The molecule has 0 atom stereocenters. The van der Waals surface area contributed by atoms with E-state index in [1.54, 1.807) is 7.11 Å². The lowest BCUT2D eigenvalue weighted by Crippen LogP contribution is -2.48. The number of fused-ring (bicyclic) bond motifs is 1. The highest BCUT2D eigenvalue weighted by Crippen LogP contribution is 2.31. The summed E-state index contributed by atoms with van der Waals surface area (Å²) in [6.45, 7) is 6.64. The fraction of sp³-hybridized carbons (Fsp3) is 0.300. The minimum Gasteiger partial charge on any atom is -0.497 e. The third-order valence-electron chi connectivity index (χ3n) is 6.91. The molecule has 186 valence electrons. The maximum absolute atomic E-state index is 5.30. The molecule has 0 radical (unpaired) electrons. The lowest BCUT2D eigenvalue weighted by atomic mass is 10.0. The molecule has 0 bridgehead atoms. The molecule has 6 heteroatoms. The van der Waals surface area contributed by atoms with Gasteiger partial charge >= 0.3 is 0 Å². The van der Waals surface area contributed by atoms with Gasteiger partial charge in [-0.15, -0.1) is 0 Å². The minimum atomic E-state index is 0.859. The van der Waals surface area contributed by atoms with E-state index < -0.39 is 0 Å². The summed E-state index contributed by atoms with van der Waals surface area (Å²) in [5.74, 6) is 0.859. The molecular weight excluding hydrogens is 446 g/mol. The van der Waals surface area contributed by atoms with Crippen molar-refractivity contribution in [2.75, 3.05) is 70.7 Å². The number of likely N-dealkylation sites (N-methyl/N-ethyl adjacent to an activating group) is 1. The molecule has 1 N–H and O–H groups in total. The molecule has 0 amide bonds. The van der Waals surface area contributed by atoms with Crippen molar-refractivity contribution < 1.29 is 4.74 Å².